The molecule has 0 aliphatic heterocycles. The lowest BCUT2D eigenvalue weighted by atomic mass is 9.47. The molecule has 3 heteroatoms. The Morgan fingerprint density at radius 3 is 2.58 bits per heavy atom. The number of hydrogen-bond donors (Lipinski definition) is 1. The van der Waals surface area contributed by atoms with Gasteiger partial charge in [-0.25, -0.2) is 0 Å². The predicted octanol–water partition coefficient (Wildman–Crippen LogP) is 6.21. The molecule has 8 atom stereocenters. The highest BCUT2D eigenvalue weighted by molar-refractivity contribution is 5.76. The first-order valence-corrected chi connectivity index (χ1v) is 13.2. The van der Waals surface area contributed by atoms with Crippen molar-refractivity contribution in [1.29, 1.82) is 0 Å². The molecule has 4 rings (SSSR count). The summed E-state index contributed by atoms with van der Waals surface area (Å²) in [6, 6.07) is 0.290. The summed E-state index contributed by atoms with van der Waals surface area (Å²) in [5, 5.41) is 10.2. The van der Waals surface area contributed by atoms with Crippen LogP contribution < -0.4 is 0 Å². The summed E-state index contributed by atoms with van der Waals surface area (Å²) in [4.78, 5) is 14.5. The largest absolute Gasteiger partial charge is 0.393 e. The number of allylic oxidation sites excluding steroid dienone is 1. The zero-order valence-electron chi connectivity index (χ0n) is 21.0. The topological polar surface area (TPSA) is 40.5 Å². The summed E-state index contributed by atoms with van der Waals surface area (Å²) in [7, 11) is 1.95. The first-order chi connectivity index (χ1) is 14.6. The van der Waals surface area contributed by atoms with E-state index >= 15 is 0 Å². The average Bonchev–Trinajstić information content (AvgIpc) is 3.09. The molecule has 4 aliphatic rings. The summed E-state index contributed by atoms with van der Waals surface area (Å²) >= 11 is 0. The Labute approximate surface area is 191 Å². The monoisotopic (exact) mass is 429 g/mol. The summed E-state index contributed by atoms with van der Waals surface area (Å²) < 4.78 is 0. The molecule has 1 N–H and O–H groups in total. The lowest BCUT2D eigenvalue weighted by Gasteiger charge is -2.58. The van der Waals surface area contributed by atoms with Crippen LogP contribution in [0.2, 0.25) is 0 Å². The number of nitrogens with zero attached hydrogens (tertiary/aromatic N) is 1. The number of carbonyl (C=O) groups is 1. The second-order valence-electron chi connectivity index (χ2n) is 12.5. The Kier molecular flexibility index (Phi) is 6.40. The molecule has 3 fully saturated rings. The molecule has 3 nitrogen and oxygen atoms in total. The van der Waals surface area contributed by atoms with Crippen LogP contribution in [-0.4, -0.2) is 35.1 Å². The van der Waals surface area contributed by atoms with Crippen LogP contribution in [-0.2, 0) is 4.79 Å². The molecule has 0 aromatic carbocycles. The number of rotatable bonds is 5. The summed E-state index contributed by atoms with van der Waals surface area (Å²) in [6.07, 6.45) is 13.9. The van der Waals surface area contributed by atoms with E-state index in [2.05, 4.69) is 40.7 Å². The minimum Gasteiger partial charge on any atom is -0.393 e. The summed E-state index contributed by atoms with van der Waals surface area (Å²) in [5.74, 6) is 4.19. The van der Waals surface area contributed by atoms with Crippen LogP contribution >= 0.6 is 0 Å². The third-order valence-corrected chi connectivity index (χ3v) is 10.8. The fourth-order valence-corrected chi connectivity index (χ4v) is 8.63. The highest BCUT2D eigenvalue weighted by Crippen LogP contribution is 2.67. The molecule has 0 bridgehead atoms. The van der Waals surface area contributed by atoms with E-state index in [1.807, 2.05) is 11.9 Å². The zero-order chi connectivity index (χ0) is 22.6. The summed E-state index contributed by atoms with van der Waals surface area (Å²) in [5.41, 5.74) is 2.36. The van der Waals surface area contributed by atoms with Crippen LogP contribution in [0.1, 0.15) is 98.8 Å². The van der Waals surface area contributed by atoms with Crippen molar-refractivity contribution < 1.29 is 9.90 Å². The van der Waals surface area contributed by atoms with Crippen molar-refractivity contribution in [3.05, 3.63) is 11.6 Å². The van der Waals surface area contributed by atoms with Crippen LogP contribution in [0.15, 0.2) is 11.6 Å². The van der Waals surface area contributed by atoms with Gasteiger partial charge in [0.1, 0.15) is 0 Å². The average molecular weight is 430 g/mol. The minimum absolute atomic E-state index is 0.112. The quantitative estimate of drug-likeness (QED) is 0.528. The number of carbonyl (C=O) groups excluding carboxylic acids is 1. The first-order valence-electron chi connectivity index (χ1n) is 13.2. The minimum atomic E-state index is -0.112. The standard InChI is InChI=1S/C28H47NO2/c1-18(2)29(6)26(31)12-7-19(3)23-10-11-24-22-9-8-20-17-21(30)13-15-27(20,4)25(22)14-16-28(23,24)5/h8,18-19,21-25,30H,7,9-17H2,1-6H3/t19-,21+,22+,23-,24+,25+,27+,28-/m1/s1. The molecule has 1 amide bonds. The maximum atomic E-state index is 12.5. The molecule has 31 heavy (non-hydrogen) atoms. The van der Waals surface area contributed by atoms with Gasteiger partial charge in [0.2, 0.25) is 5.91 Å². The van der Waals surface area contributed by atoms with E-state index < -0.39 is 0 Å². The highest BCUT2D eigenvalue weighted by atomic mass is 16.3. The number of amides is 1. The van der Waals surface area contributed by atoms with Gasteiger partial charge in [-0.2, -0.15) is 0 Å². The van der Waals surface area contributed by atoms with Gasteiger partial charge in [0.05, 0.1) is 6.10 Å². The first kappa shape index (κ1) is 23.3. The Balaban J connectivity index is 1.45. The number of aliphatic hydroxyl groups is 1. The fourth-order valence-electron chi connectivity index (χ4n) is 8.63. The number of hydrogen-bond acceptors (Lipinski definition) is 2. The van der Waals surface area contributed by atoms with Gasteiger partial charge in [0.15, 0.2) is 0 Å². The molecule has 0 spiro atoms. The van der Waals surface area contributed by atoms with Crippen molar-refractivity contribution in [2.75, 3.05) is 7.05 Å². The van der Waals surface area contributed by atoms with Crippen molar-refractivity contribution in [3.63, 3.8) is 0 Å². The van der Waals surface area contributed by atoms with Gasteiger partial charge in [-0.15, -0.1) is 0 Å². The molecule has 0 radical (unpaired) electrons. The second-order valence-corrected chi connectivity index (χ2v) is 12.5. The van der Waals surface area contributed by atoms with Gasteiger partial charge in [-0.05, 0) is 112 Å². The van der Waals surface area contributed by atoms with Crippen LogP contribution in [0, 0.1) is 40.4 Å². The maximum Gasteiger partial charge on any atom is 0.222 e. The van der Waals surface area contributed by atoms with Crippen LogP contribution in [0.4, 0.5) is 0 Å². The van der Waals surface area contributed by atoms with Gasteiger partial charge in [-0.1, -0.05) is 32.4 Å². The molecule has 176 valence electrons. The van der Waals surface area contributed by atoms with Crippen molar-refractivity contribution >= 4 is 5.91 Å². The van der Waals surface area contributed by atoms with E-state index in [0.29, 0.717) is 29.1 Å². The molecule has 0 heterocycles. The van der Waals surface area contributed by atoms with Crippen molar-refractivity contribution in [1.82, 2.24) is 4.90 Å². The summed E-state index contributed by atoms with van der Waals surface area (Å²) in [6.45, 7) is 11.8. The van der Waals surface area contributed by atoms with Crippen molar-refractivity contribution in [2.45, 2.75) is 111 Å². The van der Waals surface area contributed by atoms with E-state index in [4.69, 9.17) is 0 Å². The molecule has 4 aliphatic carbocycles. The number of aliphatic hydroxyl groups excluding tert-OH is 1. The SMILES string of the molecule is CC(C)N(C)C(=O)CC[C@@H](C)[C@H]1CC[C@H]2[C@@H]3CC=C4C[C@@H](O)CC[C@]4(C)[C@H]3CC[C@]12C. The Bertz CT molecular complexity index is 714. The van der Waals surface area contributed by atoms with Gasteiger partial charge in [0.25, 0.3) is 0 Å². The normalized spacial score (nSPS) is 43.0. The Morgan fingerprint density at radius 2 is 1.87 bits per heavy atom. The smallest absolute Gasteiger partial charge is 0.222 e. The van der Waals surface area contributed by atoms with Crippen LogP contribution in [0.25, 0.3) is 0 Å². The van der Waals surface area contributed by atoms with Gasteiger partial charge in [-0.3, -0.25) is 4.79 Å². The molecule has 3 saturated carbocycles. The van der Waals surface area contributed by atoms with Crippen LogP contribution in [0.3, 0.4) is 0 Å². The Morgan fingerprint density at radius 1 is 1.13 bits per heavy atom. The van der Waals surface area contributed by atoms with Gasteiger partial charge < -0.3 is 10.0 Å². The zero-order valence-corrected chi connectivity index (χ0v) is 21.0. The lowest BCUT2D eigenvalue weighted by Crippen LogP contribution is -2.50. The Hall–Kier alpha value is -0.830. The third kappa shape index (κ3) is 3.91. The van der Waals surface area contributed by atoms with E-state index in [1.165, 1.54) is 38.5 Å². The highest BCUT2D eigenvalue weighted by Gasteiger charge is 2.59. The van der Waals surface area contributed by atoms with Crippen molar-refractivity contribution in [2.24, 2.45) is 40.4 Å². The molecule has 0 saturated heterocycles. The lowest BCUT2D eigenvalue weighted by molar-refractivity contribution is -0.131. The van der Waals surface area contributed by atoms with Crippen LogP contribution in [0.5, 0.6) is 0 Å². The van der Waals surface area contributed by atoms with E-state index in [1.54, 1.807) is 5.57 Å². The molecule has 0 aromatic heterocycles. The molecular weight excluding hydrogens is 382 g/mol. The second kappa shape index (κ2) is 8.50. The van der Waals surface area contributed by atoms with E-state index in [-0.39, 0.29) is 12.1 Å². The van der Waals surface area contributed by atoms with Gasteiger partial charge in [0, 0.05) is 19.5 Å². The maximum absolute atomic E-state index is 12.5. The molecule has 0 aromatic rings. The third-order valence-electron chi connectivity index (χ3n) is 10.8. The van der Waals surface area contributed by atoms with E-state index in [9.17, 15) is 9.90 Å². The van der Waals surface area contributed by atoms with Gasteiger partial charge >= 0.3 is 0 Å². The van der Waals surface area contributed by atoms with E-state index in [0.717, 1.165) is 42.9 Å². The molecule has 0 unspecified atom stereocenters. The molecular formula is C28H47NO2. The van der Waals surface area contributed by atoms with Crippen molar-refractivity contribution in [3.8, 4) is 0 Å². The predicted molar refractivity (Wildman–Crippen MR) is 128 cm³/mol. The number of fused-ring (bicyclic) bond motifs is 5. The fraction of sp³-hybridized carbons (Fsp3) is 0.893.